The molecule has 0 aliphatic carbocycles. The highest BCUT2D eigenvalue weighted by molar-refractivity contribution is 6.32. The van der Waals surface area contributed by atoms with E-state index in [1.807, 2.05) is 45.0 Å². The molecule has 29 heavy (non-hydrogen) atoms. The van der Waals surface area contributed by atoms with Gasteiger partial charge >= 0.3 is 5.97 Å². The van der Waals surface area contributed by atoms with Crippen molar-refractivity contribution in [3.8, 4) is 5.75 Å². The number of amides is 2. The molecule has 0 unspecified atom stereocenters. The van der Waals surface area contributed by atoms with E-state index in [9.17, 15) is 14.4 Å². The molecule has 0 bridgehead atoms. The number of hydrogen-bond donors (Lipinski definition) is 2. The summed E-state index contributed by atoms with van der Waals surface area (Å²) in [5.41, 5.74) is 3.49. The Hall–Kier alpha value is -3.06. The van der Waals surface area contributed by atoms with E-state index in [0.717, 1.165) is 16.7 Å². The second-order valence-corrected chi connectivity index (χ2v) is 6.88. The Kier molecular flexibility index (Phi) is 8.03. The summed E-state index contributed by atoms with van der Waals surface area (Å²) in [4.78, 5) is 35.5. The molecule has 0 radical (unpaired) electrons. The summed E-state index contributed by atoms with van der Waals surface area (Å²) >= 11 is 5.98. The lowest BCUT2D eigenvalue weighted by Crippen LogP contribution is -2.36. The molecule has 0 aliphatic rings. The fourth-order valence-corrected chi connectivity index (χ4v) is 2.64. The third kappa shape index (κ3) is 7.12. The average Bonchev–Trinajstić information content (AvgIpc) is 2.68. The topological polar surface area (TPSA) is 93.7 Å². The van der Waals surface area contributed by atoms with Gasteiger partial charge in [0.1, 0.15) is 5.75 Å². The number of ether oxygens (including phenoxy) is 2. The molecule has 0 aliphatic heterocycles. The van der Waals surface area contributed by atoms with Crippen molar-refractivity contribution >= 4 is 35.1 Å². The van der Waals surface area contributed by atoms with Crippen LogP contribution in [0, 0.1) is 20.8 Å². The lowest BCUT2D eigenvalue weighted by atomic mass is 10.1. The molecule has 2 aromatic rings. The van der Waals surface area contributed by atoms with Gasteiger partial charge in [-0.25, -0.2) is 4.79 Å². The number of esters is 1. The first-order valence-corrected chi connectivity index (χ1v) is 9.31. The summed E-state index contributed by atoms with van der Waals surface area (Å²) in [5, 5.41) is 5.52. The zero-order valence-electron chi connectivity index (χ0n) is 16.5. The van der Waals surface area contributed by atoms with Crippen LogP contribution in [0.15, 0.2) is 36.4 Å². The Morgan fingerprint density at radius 1 is 0.966 bits per heavy atom. The fraction of sp³-hybridized carbons (Fsp3) is 0.286. The van der Waals surface area contributed by atoms with Gasteiger partial charge in [0.25, 0.3) is 5.91 Å². The molecule has 2 rings (SSSR count). The van der Waals surface area contributed by atoms with Crippen LogP contribution in [0.2, 0.25) is 5.02 Å². The number of carbonyl (C=O) groups is 3. The molecule has 0 saturated heterocycles. The zero-order valence-corrected chi connectivity index (χ0v) is 17.3. The van der Waals surface area contributed by atoms with Crippen molar-refractivity contribution in [1.82, 2.24) is 5.32 Å². The van der Waals surface area contributed by atoms with Crippen molar-refractivity contribution in [2.75, 3.05) is 25.1 Å². The minimum absolute atomic E-state index is 0.237. The van der Waals surface area contributed by atoms with Crippen LogP contribution in [-0.4, -0.2) is 37.5 Å². The normalized spacial score (nSPS) is 10.2. The van der Waals surface area contributed by atoms with Crippen molar-refractivity contribution in [3.05, 3.63) is 58.1 Å². The van der Waals surface area contributed by atoms with Crippen LogP contribution in [0.1, 0.15) is 16.7 Å². The van der Waals surface area contributed by atoms with E-state index in [-0.39, 0.29) is 19.1 Å². The molecule has 2 N–H and O–H groups in total. The number of carbonyl (C=O) groups excluding carboxylic acids is 3. The van der Waals surface area contributed by atoms with Crippen LogP contribution < -0.4 is 15.4 Å². The molecule has 0 fully saturated rings. The van der Waals surface area contributed by atoms with Gasteiger partial charge in [-0.05, 0) is 49.6 Å². The Labute approximate surface area is 174 Å². The first-order valence-electron chi connectivity index (χ1n) is 8.93. The van der Waals surface area contributed by atoms with Gasteiger partial charge in [-0.1, -0.05) is 35.9 Å². The molecule has 8 heteroatoms. The molecular formula is C21H23ClN2O5. The van der Waals surface area contributed by atoms with Crippen molar-refractivity contribution < 1.29 is 23.9 Å². The molecule has 0 aromatic heterocycles. The minimum Gasteiger partial charge on any atom is -0.480 e. The highest BCUT2D eigenvalue weighted by Crippen LogP contribution is 2.25. The van der Waals surface area contributed by atoms with Gasteiger partial charge in [0.05, 0.1) is 11.6 Å². The lowest BCUT2D eigenvalue weighted by Gasteiger charge is -2.12. The van der Waals surface area contributed by atoms with Gasteiger partial charge in [-0.15, -0.1) is 0 Å². The minimum atomic E-state index is -0.724. The first-order chi connectivity index (χ1) is 13.8. The number of nitrogens with one attached hydrogen (secondary N) is 2. The Morgan fingerprint density at radius 3 is 2.34 bits per heavy atom. The number of anilines is 1. The van der Waals surface area contributed by atoms with E-state index >= 15 is 0 Å². The maximum Gasteiger partial charge on any atom is 0.344 e. The van der Waals surface area contributed by atoms with E-state index < -0.39 is 18.5 Å². The second kappa shape index (κ2) is 10.5. The average molecular weight is 419 g/mol. The fourth-order valence-electron chi connectivity index (χ4n) is 2.47. The van der Waals surface area contributed by atoms with E-state index in [4.69, 9.17) is 21.1 Å². The lowest BCUT2D eigenvalue weighted by molar-refractivity contribution is -0.150. The summed E-state index contributed by atoms with van der Waals surface area (Å²) in [5.74, 6) is -1.34. The van der Waals surface area contributed by atoms with E-state index in [2.05, 4.69) is 10.6 Å². The van der Waals surface area contributed by atoms with Crippen LogP contribution in [-0.2, 0) is 19.1 Å². The molecule has 154 valence electrons. The van der Waals surface area contributed by atoms with Crippen LogP contribution >= 0.6 is 11.6 Å². The summed E-state index contributed by atoms with van der Waals surface area (Å²) in [6.45, 7) is 4.49. The predicted molar refractivity (Wildman–Crippen MR) is 110 cm³/mol. The quantitative estimate of drug-likeness (QED) is 0.643. The smallest absolute Gasteiger partial charge is 0.344 e. The molecule has 2 amide bonds. The van der Waals surface area contributed by atoms with Gasteiger partial charge in [0.15, 0.2) is 13.2 Å². The third-order valence-corrected chi connectivity index (χ3v) is 4.30. The maximum absolute atomic E-state index is 12.0. The van der Waals surface area contributed by atoms with Crippen molar-refractivity contribution in [2.45, 2.75) is 20.8 Å². The SMILES string of the molecule is Cc1ccc(Cl)c(OCC(=O)OCC(=O)NCC(=O)Nc2c(C)cccc2C)c1. The number of aryl methyl sites for hydroxylation is 3. The van der Waals surface area contributed by atoms with Gasteiger partial charge in [0.2, 0.25) is 5.91 Å². The van der Waals surface area contributed by atoms with Gasteiger partial charge in [-0.2, -0.15) is 0 Å². The highest BCUT2D eigenvalue weighted by atomic mass is 35.5. The number of halogens is 1. The summed E-state index contributed by atoms with van der Waals surface area (Å²) in [6, 6.07) is 10.8. The molecular weight excluding hydrogens is 396 g/mol. The summed E-state index contributed by atoms with van der Waals surface area (Å²) in [6.07, 6.45) is 0. The predicted octanol–water partition coefficient (Wildman–Crippen LogP) is 2.94. The Morgan fingerprint density at radius 2 is 1.66 bits per heavy atom. The second-order valence-electron chi connectivity index (χ2n) is 6.47. The maximum atomic E-state index is 12.0. The van der Waals surface area contributed by atoms with E-state index in [1.54, 1.807) is 12.1 Å². The number of benzene rings is 2. The molecule has 0 spiro atoms. The van der Waals surface area contributed by atoms with Crippen LogP contribution in [0.3, 0.4) is 0 Å². The van der Waals surface area contributed by atoms with Gasteiger partial charge in [-0.3, -0.25) is 9.59 Å². The molecule has 0 atom stereocenters. The van der Waals surface area contributed by atoms with Crippen LogP contribution in [0.25, 0.3) is 0 Å². The number of hydrogen-bond acceptors (Lipinski definition) is 5. The van der Waals surface area contributed by atoms with Gasteiger partial charge < -0.3 is 20.1 Å². The van der Waals surface area contributed by atoms with E-state index in [1.165, 1.54) is 0 Å². The van der Waals surface area contributed by atoms with Crippen molar-refractivity contribution in [2.24, 2.45) is 0 Å². The summed E-state index contributed by atoms with van der Waals surface area (Å²) in [7, 11) is 0. The first kappa shape index (κ1) is 22.2. The third-order valence-electron chi connectivity index (χ3n) is 3.99. The summed E-state index contributed by atoms with van der Waals surface area (Å²) < 4.78 is 10.1. The van der Waals surface area contributed by atoms with Crippen molar-refractivity contribution in [3.63, 3.8) is 0 Å². The Bertz CT molecular complexity index is 894. The Balaban J connectivity index is 1.70. The molecule has 0 heterocycles. The van der Waals surface area contributed by atoms with Crippen LogP contribution in [0.4, 0.5) is 5.69 Å². The number of para-hydroxylation sites is 1. The standard InChI is InChI=1S/C21H23ClN2O5/c1-13-7-8-16(22)17(9-13)28-12-20(27)29-11-19(26)23-10-18(25)24-21-14(2)5-4-6-15(21)3/h4-9H,10-12H2,1-3H3,(H,23,26)(H,24,25). The highest BCUT2D eigenvalue weighted by Gasteiger charge is 2.12. The largest absolute Gasteiger partial charge is 0.480 e. The van der Waals surface area contributed by atoms with E-state index in [0.29, 0.717) is 16.5 Å². The van der Waals surface area contributed by atoms with Gasteiger partial charge in [0, 0.05) is 5.69 Å². The molecule has 0 saturated carbocycles. The zero-order chi connectivity index (χ0) is 21.4. The monoisotopic (exact) mass is 418 g/mol. The molecule has 2 aromatic carbocycles. The molecule has 7 nitrogen and oxygen atoms in total. The van der Waals surface area contributed by atoms with Crippen LogP contribution in [0.5, 0.6) is 5.75 Å². The van der Waals surface area contributed by atoms with Crippen molar-refractivity contribution in [1.29, 1.82) is 0 Å². The number of rotatable bonds is 8.